The number of hydrogen-bond acceptors (Lipinski definition) is 7. The van der Waals surface area contributed by atoms with E-state index in [1.165, 1.54) is 0 Å². The van der Waals surface area contributed by atoms with Gasteiger partial charge in [0, 0.05) is 12.0 Å². The van der Waals surface area contributed by atoms with E-state index in [2.05, 4.69) is 20.7 Å². The van der Waals surface area contributed by atoms with E-state index in [0.717, 1.165) is 12.8 Å². The summed E-state index contributed by atoms with van der Waals surface area (Å²) >= 11 is 0. The number of anilines is 2. The number of carbonyl (C=O) groups excluding carboxylic acids is 2. The molecule has 3 rings (SSSR count). The molecule has 1 atom stereocenters. The Hall–Kier alpha value is -2.22. The predicted octanol–water partition coefficient (Wildman–Crippen LogP) is -0.509. The summed E-state index contributed by atoms with van der Waals surface area (Å²) in [6.07, 6.45) is 2.12. The summed E-state index contributed by atoms with van der Waals surface area (Å²) in [7, 11) is 0. The molecule has 20 heavy (non-hydrogen) atoms. The minimum absolute atomic E-state index is 0.0953. The van der Waals surface area contributed by atoms with Crippen molar-refractivity contribution in [2.45, 2.75) is 31.7 Å². The summed E-state index contributed by atoms with van der Waals surface area (Å²) in [6.45, 7) is 1.83. The smallest absolute Gasteiger partial charge is 0.249 e. The Morgan fingerprint density at radius 2 is 2.15 bits per heavy atom. The van der Waals surface area contributed by atoms with Crippen molar-refractivity contribution in [3.8, 4) is 0 Å². The number of nitrogens with two attached hydrogens (primary N) is 1. The minimum atomic E-state index is -0.458. The zero-order valence-electron chi connectivity index (χ0n) is 11.1. The Kier molecular flexibility index (Phi) is 3.01. The molecule has 1 aromatic heterocycles. The number of amides is 2. The summed E-state index contributed by atoms with van der Waals surface area (Å²) in [4.78, 5) is 33.7. The Labute approximate surface area is 115 Å². The molecule has 2 amide bonds. The van der Waals surface area contributed by atoms with Gasteiger partial charge >= 0.3 is 0 Å². The number of hydrazine groups is 1. The second-order valence-corrected chi connectivity index (χ2v) is 5.10. The van der Waals surface area contributed by atoms with E-state index in [1.807, 2.05) is 0 Å². The number of hydrogen-bond donors (Lipinski definition) is 3. The number of nitrogens with one attached hydrogen (secondary N) is 2. The number of nitrogens with zero attached hydrogens (tertiary/aromatic N) is 3. The number of carbonyl (C=O) groups is 2. The van der Waals surface area contributed by atoms with Crippen LogP contribution in [-0.4, -0.2) is 34.4 Å². The first kappa shape index (κ1) is 12.8. The van der Waals surface area contributed by atoms with E-state index in [1.54, 1.807) is 17.9 Å². The van der Waals surface area contributed by atoms with Gasteiger partial charge in [-0.2, -0.15) is 0 Å². The van der Waals surface area contributed by atoms with Crippen molar-refractivity contribution in [2.24, 2.45) is 5.84 Å². The maximum absolute atomic E-state index is 11.7. The first-order chi connectivity index (χ1) is 9.58. The monoisotopic (exact) mass is 276 g/mol. The Morgan fingerprint density at radius 3 is 2.80 bits per heavy atom. The van der Waals surface area contributed by atoms with Crippen LogP contribution < -0.4 is 21.5 Å². The zero-order valence-corrected chi connectivity index (χ0v) is 11.1. The van der Waals surface area contributed by atoms with Crippen LogP contribution in [0.4, 0.5) is 11.6 Å². The first-order valence-corrected chi connectivity index (χ1v) is 6.54. The van der Waals surface area contributed by atoms with E-state index >= 15 is 0 Å². The Bertz CT molecular complexity index is 571. The number of rotatable bonds is 3. The highest BCUT2D eigenvalue weighted by atomic mass is 16.2. The van der Waals surface area contributed by atoms with Gasteiger partial charge in [0.05, 0.1) is 6.54 Å². The summed E-state index contributed by atoms with van der Waals surface area (Å²) < 4.78 is 0. The molecule has 1 saturated carbocycles. The maximum Gasteiger partial charge on any atom is 0.249 e. The third kappa shape index (κ3) is 2.29. The van der Waals surface area contributed by atoms with E-state index in [-0.39, 0.29) is 18.4 Å². The van der Waals surface area contributed by atoms with Gasteiger partial charge in [0.15, 0.2) is 0 Å². The quantitative estimate of drug-likeness (QED) is 0.387. The molecule has 1 aromatic rings. The molecule has 2 heterocycles. The standard InChI is InChI=1S/C12H16N6O2/c1-6-12(20)16-10(19)5-18(6)9-4-8(17-13)14-11(15-9)7-2-3-7/h4,6-7H,2-3,5,13H2,1H3,(H,14,15,17)(H,16,19,20). The topological polar surface area (TPSA) is 113 Å². The average Bonchev–Trinajstić information content (AvgIpc) is 3.26. The lowest BCUT2D eigenvalue weighted by atomic mass is 10.2. The van der Waals surface area contributed by atoms with Gasteiger partial charge in [-0.15, -0.1) is 0 Å². The molecule has 2 fully saturated rings. The summed E-state index contributed by atoms with van der Waals surface area (Å²) in [5, 5.41) is 2.30. The largest absolute Gasteiger partial charge is 0.335 e. The molecule has 0 radical (unpaired) electrons. The highest BCUT2D eigenvalue weighted by Crippen LogP contribution is 2.39. The van der Waals surface area contributed by atoms with E-state index in [4.69, 9.17) is 5.84 Å². The number of aromatic nitrogens is 2. The molecule has 1 aliphatic carbocycles. The van der Waals surface area contributed by atoms with Gasteiger partial charge < -0.3 is 10.3 Å². The molecule has 1 aliphatic heterocycles. The third-order valence-corrected chi connectivity index (χ3v) is 3.54. The molecule has 8 heteroatoms. The molecule has 8 nitrogen and oxygen atoms in total. The van der Waals surface area contributed by atoms with Gasteiger partial charge in [-0.1, -0.05) is 0 Å². The van der Waals surface area contributed by atoms with Gasteiger partial charge in [-0.25, -0.2) is 15.8 Å². The molecular formula is C12H16N6O2. The number of piperazine rings is 1. The molecule has 0 aromatic carbocycles. The van der Waals surface area contributed by atoms with Crippen LogP contribution >= 0.6 is 0 Å². The summed E-state index contributed by atoms with van der Waals surface area (Å²) in [5.74, 6) is 6.86. The molecule has 0 bridgehead atoms. The van der Waals surface area contributed by atoms with Gasteiger partial charge in [-0.3, -0.25) is 14.9 Å². The molecule has 106 valence electrons. The first-order valence-electron chi connectivity index (χ1n) is 6.54. The highest BCUT2D eigenvalue weighted by Gasteiger charge is 2.33. The summed E-state index contributed by atoms with van der Waals surface area (Å²) in [6, 6.07) is 1.19. The van der Waals surface area contributed by atoms with Crippen molar-refractivity contribution < 1.29 is 9.59 Å². The molecule has 2 aliphatic rings. The van der Waals surface area contributed by atoms with Crippen molar-refractivity contribution in [1.82, 2.24) is 15.3 Å². The summed E-state index contributed by atoms with van der Waals surface area (Å²) in [5.41, 5.74) is 2.50. The number of imide groups is 1. The lowest BCUT2D eigenvalue weighted by molar-refractivity contribution is -0.132. The van der Waals surface area contributed by atoms with Crippen LogP contribution in [0.2, 0.25) is 0 Å². The molecule has 1 unspecified atom stereocenters. The van der Waals surface area contributed by atoms with Gasteiger partial charge in [0.25, 0.3) is 0 Å². The van der Waals surface area contributed by atoms with Crippen molar-refractivity contribution in [3.63, 3.8) is 0 Å². The van der Waals surface area contributed by atoms with Crippen molar-refractivity contribution in [1.29, 1.82) is 0 Å². The Balaban J connectivity index is 1.97. The fourth-order valence-corrected chi connectivity index (χ4v) is 2.19. The van der Waals surface area contributed by atoms with Crippen molar-refractivity contribution in [3.05, 3.63) is 11.9 Å². The second-order valence-electron chi connectivity index (χ2n) is 5.10. The van der Waals surface area contributed by atoms with E-state index < -0.39 is 6.04 Å². The lowest BCUT2D eigenvalue weighted by Crippen LogP contribution is -2.57. The van der Waals surface area contributed by atoms with Crippen molar-refractivity contribution in [2.75, 3.05) is 16.9 Å². The lowest BCUT2D eigenvalue weighted by Gasteiger charge is -2.32. The van der Waals surface area contributed by atoms with Crippen LogP contribution in [0.15, 0.2) is 6.07 Å². The number of nitrogen functional groups attached to an aromatic ring is 1. The van der Waals surface area contributed by atoms with Crippen LogP contribution in [0.5, 0.6) is 0 Å². The SMILES string of the molecule is CC1C(=O)NC(=O)CN1c1cc(NN)nc(C2CC2)n1. The van der Waals surface area contributed by atoms with Gasteiger partial charge in [0.2, 0.25) is 11.8 Å². The zero-order chi connectivity index (χ0) is 14.3. The maximum atomic E-state index is 11.7. The highest BCUT2D eigenvalue weighted by molar-refractivity contribution is 6.04. The fourth-order valence-electron chi connectivity index (χ4n) is 2.19. The molecular weight excluding hydrogens is 260 g/mol. The van der Waals surface area contributed by atoms with Crippen LogP contribution in [0.3, 0.4) is 0 Å². The van der Waals surface area contributed by atoms with E-state index in [0.29, 0.717) is 23.4 Å². The third-order valence-electron chi connectivity index (χ3n) is 3.54. The predicted molar refractivity (Wildman–Crippen MR) is 71.8 cm³/mol. The minimum Gasteiger partial charge on any atom is -0.335 e. The van der Waals surface area contributed by atoms with Crippen LogP contribution in [0.1, 0.15) is 31.5 Å². The van der Waals surface area contributed by atoms with Crippen LogP contribution in [0, 0.1) is 0 Å². The van der Waals surface area contributed by atoms with Crippen molar-refractivity contribution >= 4 is 23.5 Å². The van der Waals surface area contributed by atoms with Gasteiger partial charge in [0.1, 0.15) is 23.5 Å². The van der Waals surface area contributed by atoms with E-state index in [9.17, 15) is 9.59 Å². The van der Waals surface area contributed by atoms with Crippen LogP contribution in [0.25, 0.3) is 0 Å². The average molecular weight is 276 g/mol. The molecule has 1 saturated heterocycles. The normalized spacial score (nSPS) is 22.7. The molecule has 4 N–H and O–H groups in total. The van der Waals surface area contributed by atoms with Crippen LogP contribution in [-0.2, 0) is 9.59 Å². The Morgan fingerprint density at radius 1 is 1.40 bits per heavy atom. The second kappa shape index (κ2) is 4.71. The molecule has 0 spiro atoms. The van der Waals surface area contributed by atoms with Gasteiger partial charge in [-0.05, 0) is 19.8 Å². The fraction of sp³-hybridized carbons (Fsp3) is 0.500.